The largest absolute Gasteiger partial charge is 0.496 e. The van der Waals surface area contributed by atoms with E-state index >= 15 is 0 Å². The Balaban J connectivity index is 1.78. The van der Waals surface area contributed by atoms with E-state index in [9.17, 15) is 4.79 Å². The number of thioether (sulfide) groups is 1. The molecule has 146 valence electrons. The number of para-hydroxylation sites is 1. The zero-order valence-corrected chi connectivity index (χ0v) is 17.5. The van der Waals surface area contributed by atoms with Crippen LogP contribution in [0.2, 0.25) is 0 Å². The molecule has 1 saturated heterocycles. The number of benzene rings is 1. The normalized spacial score (nSPS) is 21.1. The summed E-state index contributed by atoms with van der Waals surface area (Å²) in [5.41, 5.74) is 0.888. The van der Waals surface area contributed by atoms with Gasteiger partial charge in [-0.2, -0.15) is 0 Å². The number of hydrogen-bond acceptors (Lipinski definition) is 5. The first kappa shape index (κ1) is 19.7. The predicted molar refractivity (Wildman–Crippen MR) is 108 cm³/mol. The van der Waals surface area contributed by atoms with Gasteiger partial charge in [0.2, 0.25) is 5.91 Å². The second-order valence-corrected chi connectivity index (χ2v) is 8.51. The van der Waals surface area contributed by atoms with Gasteiger partial charge in [-0.25, -0.2) is 0 Å². The van der Waals surface area contributed by atoms with Gasteiger partial charge in [-0.3, -0.25) is 4.79 Å². The molecule has 0 radical (unpaired) electrons. The number of piperidine rings is 1. The Morgan fingerprint density at radius 1 is 1.22 bits per heavy atom. The highest BCUT2D eigenvalue weighted by atomic mass is 32.2. The Bertz CT molecular complexity index is 797. The van der Waals surface area contributed by atoms with Gasteiger partial charge >= 0.3 is 0 Å². The van der Waals surface area contributed by atoms with Crippen molar-refractivity contribution in [2.75, 3.05) is 7.11 Å². The quantitative estimate of drug-likeness (QED) is 0.730. The highest BCUT2D eigenvalue weighted by Gasteiger charge is 2.32. The third-order valence-corrected chi connectivity index (χ3v) is 6.38. The fourth-order valence-corrected chi connectivity index (χ4v) is 4.63. The summed E-state index contributed by atoms with van der Waals surface area (Å²) >= 11 is 1.46. The van der Waals surface area contributed by atoms with Crippen LogP contribution >= 0.6 is 11.8 Å². The summed E-state index contributed by atoms with van der Waals surface area (Å²) in [6.45, 7) is 6.25. The van der Waals surface area contributed by atoms with Crippen LogP contribution in [0.1, 0.15) is 40.0 Å². The van der Waals surface area contributed by atoms with E-state index < -0.39 is 0 Å². The molecule has 1 amide bonds. The standard InChI is InChI=1S/C20H28N4O2S/c1-13-9-8-10-14(2)24(13)19(25)15(3)27-20-22-21-18(23(20)4)16-11-6-7-12-17(16)26-5/h6-7,11-15H,8-10H2,1-5H3/t13-,14-,15+/m0/s1. The van der Waals surface area contributed by atoms with Crippen molar-refractivity contribution in [1.82, 2.24) is 19.7 Å². The molecule has 1 fully saturated rings. The summed E-state index contributed by atoms with van der Waals surface area (Å²) in [4.78, 5) is 15.1. The smallest absolute Gasteiger partial charge is 0.236 e. The Morgan fingerprint density at radius 2 is 1.89 bits per heavy atom. The first-order valence-corrected chi connectivity index (χ1v) is 10.3. The SMILES string of the molecule is COc1ccccc1-c1nnc(S[C@H](C)C(=O)N2[C@@H](C)CCC[C@@H]2C)n1C. The van der Waals surface area contributed by atoms with Crippen LogP contribution in [-0.2, 0) is 11.8 Å². The van der Waals surface area contributed by atoms with Crippen LogP contribution in [0.3, 0.4) is 0 Å². The molecule has 0 bridgehead atoms. The molecular weight excluding hydrogens is 360 g/mol. The monoisotopic (exact) mass is 388 g/mol. The molecule has 6 nitrogen and oxygen atoms in total. The molecular formula is C20H28N4O2S. The molecule has 0 unspecified atom stereocenters. The van der Waals surface area contributed by atoms with E-state index in [1.807, 2.05) is 42.8 Å². The summed E-state index contributed by atoms with van der Waals surface area (Å²) in [6.07, 6.45) is 3.35. The van der Waals surface area contributed by atoms with Crippen LogP contribution < -0.4 is 4.74 Å². The van der Waals surface area contributed by atoms with E-state index in [2.05, 4.69) is 28.9 Å². The topological polar surface area (TPSA) is 60.3 Å². The number of carbonyl (C=O) groups is 1. The van der Waals surface area contributed by atoms with Crippen LogP contribution in [0.25, 0.3) is 11.4 Å². The number of nitrogens with zero attached hydrogens (tertiary/aromatic N) is 4. The van der Waals surface area contributed by atoms with Crippen molar-refractivity contribution in [3.8, 4) is 17.1 Å². The van der Waals surface area contributed by atoms with Gasteiger partial charge in [-0.1, -0.05) is 23.9 Å². The Hall–Kier alpha value is -2.02. The van der Waals surface area contributed by atoms with Crippen LogP contribution in [0.15, 0.2) is 29.4 Å². The van der Waals surface area contributed by atoms with Crippen molar-refractivity contribution in [2.24, 2.45) is 7.05 Å². The number of carbonyl (C=O) groups excluding carboxylic acids is 1. The molecule has 2 aromatic rings. The molecule has 1 aliphatic rings. The maximum atomic E-state index is 13.0. The minimum absolute atomic E-state index is 0.182. The van der Waals surface area contributed by atoms with Crippen molar-refractivity contribution in [2.45, 2.75) is 62.5 Å². The summed E-state index contributed by atoms with van der Waals surface area (Å²) in [5.74, 6) is 1.67. The average Bonchev–Trinajstić information content (AvgIpc) is 3.01. The van der Waals surface area contributed by atoms with Crippen molar-refractivity contribution < 1.29 is 9.53 Å². The number of hydrogen-bond donors (Lipinski definition) is 0. The van der Waals surface area contributed by atoms with E-state index in [4.69, 9.17) is 4.74 Å². The Labute approximate surface area is 165 Å². The van der Waals surface area contributed by atoms with Gasteiger partial charge in [0.15, 0.2) is 11.0 Å². The number of likely N-dealkylation sites (tertiary alicyclic amines) is 1. The first-order valence-electron chi connectivity index (χ1n) is 9.45. The van der Waals surface area contributed by atoms with E-state index in [1.54, 1.807) is 7.11 Å². The zero-order valence-electron chi connectivity index (χ0n) is 16.7. The predicted octanol–water partition coefficient (Wildman–Crippen LogP) is 3.76. The van der Waals surface area contributed by atoms with Crippen LogP contribution in [0.5, 0.6) is 5.75 Å². The zero-order chi connectivity index (χ0) is 19.6. The van der Waals surface area contributed by atoms with Gasteiger partial charge in [-0.15, -0.1) is 10.2 Å². The van der Waals surface area contributed by atoms with Crippen molar-refractivity contribution >= 4 is 17.7 Å². The van der Waals surface area contributed by atoms with Crippen molar-refractivity contribution in [1.29, 1.82) is 0 Å². The molecule has 3 rings (SSSR count). The highest BCUT2D eigenvalue weighted by molar-refractivity contribution is 8.00. The molecule has 2 heterocycles. The molecule has 0 saturated carbocycles. The number of amides is 1. The van der Waals surface area contributed by atoms with Gasteiger partial charge in [0.25, 0.3) is 0 Å². The fraction of sp³-hybridized carbons (Fsp3) is 0.550. The third-order valence-electron chi connectivity index (χ3n) is 5.26. The van der Waals surface area contributed by atoms with Gasteiger partial charge < -0.3 is 14.2 Å². The first-order chi connectivity index (χ1) is 12.9. The van der Waals surface area contributed by atoms with Gasteiger partial charge in [0.05, 0.1) is 17.9 Å². The molecule has 0 aliphatic carbocycles. The minimum atomic E-state index is -0.207. The summed E-state index contributed by atoms with van der Waals surface area (Å²) < 4.78 is 7.36. The fourth-order valence-electron chi connectivity index (χ4n) is 3.76. The van der Waals surface area contributed by atoms with Crippen LogP contribution in [0.4, 0.5) is 0 Å². The average molecular weight is 389 g/mol. The maximum absolute atomic E-state index is 13.0. The lowest BCUT2D eigenvalue weighted by Crippen LogP contribution is -2.50. The number of rotatable bonds is 5. The molecule has 0 spiro atoms. The summed E-state index contributed by atoms with van der Waals surface area (Å²) in [5, 5.41) is 9.18. The Kier molecular flexibility index (Phi) is 6.09. The molecule has 27 heavy (non-hydrogen) atoms. The summed E-state index contributed by atoms with van der Waals surface area (Å²) in [7, 11) is 3.57. The molecule has 3 atom stereocenters. The molecule has 1 aromatic heterocycles. The van der Waals surface area contributed by atoms with Crippen molar-refractivity contribution in [3.05, 3.63) is 24.3 Å². The van der Waals surface area contributed by atoms with E-state index in [-0.39, 0.29) is 11.2 Å². The third kappa shape index (κ3) is 3.98. The van der Waals surface area contributed by atoms with Gasteiger partial charge in [0.1, 0.15) is 5.75 Å². The van der Waals surface area contributed by atoms with Crippen molar-refractivity contribution in [3.63, 3.8) is 0 Å². The maximum Gasteiger partial charge on any atom is 0.236 e. The molecule has 0 N–H and O–H groups in total. The second kappa shape index (κ2) is 8.33. The minimum Gasteiger partial charge on any atom is -0.496 e. The lowest BCUT2D eigenvalue weighted by atomic mass is 9.97. The molecule has 7 heteroatoms. The Morgan fingerprint density at radius 3 is 2.56 bits per heavy atom. The lowest BCUT2D eigenvalue weighted by Gasteiger charge is -2.40. The van der Waals surface area contributed by atoms with E-state index in [0.717, 1.165) is 35.1 Å². The highest BCUT2D eigenvalue weighted by Crippen LogP contribution is 2.32. The van der Waals surface area contributed by atoms with E-state index in [0.29, 0.717) is 12.1 Å². The lowest BCUT2D eigenvalue weighted by molar-refractivity contribution is -0.136. The summed E-state index contributed by atoms with van der Waals surface area (Å²) in [6, 6.07) is 8.34. The molecule has 1 aromatic carbocycles. The van der Waals surface area contributed by atoms with Crippen LogP contribution in [-0.4, -0.2) is 50.0 Å². The van der Waals surface area contributed by atoms with Gasteiger partial charge in [0, 0.05) is 19.1 Å². The number of ether oxygens (including phenoxy) is 1. The number of methoxy groups -OCH3 is 1. The second-order valence-electron chi connectivity index (χ2n) is 7.20. The number of aromatic nitrogens is 3. The van der Waals surface area contributed by atoms with Gasteiger partial charge in [-0.05, 0) is 52.2 Å². The molecule has 1 aliphatic heterocycles. The van der Waals surface area contributed by atoms with Crippen LogP contribution in [0, 0.1) is 0 Å². The van der Waals surface area contributed by atoms with E-state index in [1.165, 1.54) is 18.2 Å².